The number of benzene rings is 3. The van der Waals surface area contributed by atoms with E-state index in [1.165, 1.54) is 0 Å². The van der Waals surface area contributed by atoms with Crippen molar-refractivity contribution >= 4 is 17.6 Å². The molecule has 0 atom stereocenters. The van der Waals surface area contributed by atoms with Crippen molar-refractivity contribution in [3.05, 3.63) is 89.5 Å². The van der Waals surface area contributed by atoms with E-state index in [4.69, 9.17) is 15.1 Å². The Morgan fingerprint density at radius 1 is 0.946 bits per heavy atom. The molecule has 0 aliphatic carbocycles. The SMILES string of the molecule is N#Cc1ccc(Oc2ccc(NC(=O)CCNC3CCN(Cc4ccc(C(=O)O)cc4)CC3)cc2)cc1. The first kappa shape index (κ1) is 25.9. The Morgan fingerprint density at radius 3 is 2.16 bits per heavy atom. The molecule has 37 heavy (non-hydrogen) atoms. The minimum Gasteiger partial charge on any atom is -0.478 e. The molecule has 190 valence electrons. The highest BCUT2D eigenvalue weighted by atomic mass is 16.5. The fourth-order valence-corrected chi connectivity index (χ4v) is 4.26. The molecule has 0 bridgehead atoms. The van der Waals surface area contributed by atoms with E-state index in [0.29, 0.717) is 47.3 Å². The molecule has 3 aromatic rings. The number of nitrogens with zero attached hydrogens (tertiary/aromatic N) is 2. The lowest BCUT2D eigenvalue weighted by molar-refractivity contribution is -0.116. The van der Waals surface area contributed by atoms with Gasteiger partial charge >= 0.3 is 5.97 Å². The predicted octanol–water partition coefficient (Wildman–Crippen LogP) is 4.63. The van der Waals surface area contributed by atoms with Crippen LogP contribution in [0, 0.1) is 11.3 Å². The van der Waals surface area contributed by atoms with Gasteiger partial charge in [0.25, 0.3) is 0 Å². The van der Waals surface area contributed by atoms with Gasteiger partial charge in [0.2, 0.25) is 5.91 Å². The van der Waals surface area contributed by atoms with E-state index >= 15 is 0 Å². The highest BCUT2D eigenvalue weighted by molar-refractivity contribution is 5.90. The Bertz CT molecular complexity index is 1230. The number of hydrogen-bond acceptors (Lipinski definition) is 6. The summed E-state index contributed by atoms with van der Waals surface area (Å²) in [5.41, 5.74) is 2.71. The number of piperidine rings is 1. The van der Waals surface area contributed by atoms with Crippen LogP contribution in [0.15, 0.2) is 72.8 Å². The first-order chi connectivity index (χ1) is 18.0. The Hall–Kier alpha value is -4.19. The Morgan fingerprint density at radius 2 is 1.57 bits per heavy atom. The number of anilines is 1. The molecule has 3 aromatic carbocycles. The number of nitrogens with one attached hydrogen (secondary N) is 2. The largest absolute Gasteiger partial charge is 0.478 e. The molecule has 1 amide bonds. The Labute approximate surface area is 216 Å². The highest BCUT2D eigenvalue weighted by Gasteiger charge is 2.19. The summed E-state index contributed by atoms with van der Waals surface area (Å²) in [6.07, 6.45) is 2.41. The maximum Gasteiger partial charge on any atom is 0.335 e. The van der Waals surface area contributed by atoms with Crippen molar-refractivity contribution in [2.75, 3.05) is 25.0 Å². The minimum absolute atomic E-state index is 0.0458. The molecule has 1 saturated heterocycles. The van der Waals surface area contributed by atoms with Crippen LogP contribution in [0.2, 0.25) is 0 Å². The third kappa shape index (κ3) is 7.90. The van der Waals surface area contributed by atoms with E-state index < -0.39 is 5.97 Å². The van der Waals surface area contributed by atoms with Crippen LogP contribution in [0.3, 0.4) is 0 Å². The molecule has 1 fully saturated rings. The quantitative estimate of drug-likeness (QED) is 0.373. The van der Waals surface area contributed by atoms with E-state index in [0.717, 1.165) is 38.0 Å². The van der Waals surface area contributed by atoms with E-state index in [1.54, 1.807) is 60.7 Å². The van der Waals surface area contributed by atoms with Crippen LogP contribution >= 0.6 is 0 Å². The fourth-order valence-electron chi connectivity index (χ4n) is 4.26. The van der Waals surface area contributed by atoms with Crippen LogP contribution in [0.5, 0.6) is 11.5 Å². The monoisotopic (exact) mass is 498 g/mol. The summed E-state index contributed by atoms with van der Waals surface area (Å²) in [6, 6.07) is 23.6. The lowest BCUT2D eigenvalue weighted by Gasteiger charge is -2.32. The van der Waals surface area contributed by atoms with Crippen molar-refractivity contribution in [3.63, 3.8) is 0 Å². The van der Waals surface area contributed by atoms with Crippen molar-refractivity contribution in [2.45, 2.75) is 31.8 Å². The van der Waals surface area contributed by atoms with Gasteiger partial charge in [0.05, 0.1) is 17.2 Å². The lowest BCUT2D eigenvalue weighted by Crippen LogP contribution is -2.42. The van der Waals surface area contributed by atoms with Gasteiger partial charge < -0.3 is 20.5 Å². The van der Waals surface area contributed by atoms with Gasteiger partial charge in [-0.15, -0.1) is 0 Å². The second-order valence-electron chi connectivity index (χ2n) is 9.07. The number of carbonyl (C=O) groups excluding carboxylic acids is 1. The smallest absolute Gasteiger partial charge is 0.335 e. The van der Waals surface area contributed by atoms with E-state index in [2.05, 4.69) is 21.6 Å². The van der Waals surface area contributed by atoms with E-state index in [1.807, 2.05) is 12.1 Å². The summed E-state index contributed by atoms with van der Waals surface area (Å²) in [4.78, 5) is 25.7. The van der Waals surface area contributed by atoms with Gasteiger partial charge in [0.1, 0.15) is 11.5 Å². The summed E-state index contributed by atoms with van der Waals surface area (Å²) >= 11 is 0. The first-order valence-electron chi connectivity index (χ1n) is 12.3. The van der Waals surface area contributed by atoms with Crippen LogP contribution < -0.4 is 15.4 Å². The molecular weight excluding hydrogens is 468 g/mol. The number of ether oxygens (including phenoxy) is 1. The molecule has 0 aromatic heterocycles. The molecular formula is C29H30N4O4. The first-order valence-corrected chi connectivity index (χ1v) is 12.3. The molecule has 0 radical (unpaired) electrons. The van der Waals surface area contributed by atoms with Crippen molar-refractivity contribution in [2.24, 2.45) is 0 Å². The number of rotatable bonds is 10. The van der Waals surface area contributed by atoms with Crippen LogP contribution in [0.4, 0.5) is 5.69 Å². The molecule has 3 N–H and O–H groups in total. The van der Waals surface area contributed by atoms with E-state index in [-0.39, 0.29) is 5.91 Å². The van der Waals surface area contributed by atoms with E-state index in [9.17, 15) is 9.59 Å². The Kier molecular flexibility index (Phi) is 8.87. The number of carbonyl (C=O) groups is 2. The maximum absolute atomic E-state index is 12.4. The van der Waals surface area contributed by atoms with Crippen LogP contribution in [0.25, 0.3) is 0 Å². The molecule has 1 aliphatic rings. The number of likely N-dealkylation sites (tertiary alicyclic amines) is 1. The second-order valence-corrected chi connectivity index (χ2v) is 9.07. The van der Waals surface area contributed by atoms with Gasteiger partial charge in [-0.3, -0.25) is 9.69 Å². The molecule has 0 unspecified atom stereocenters. The zero-order chi connectivity index (χ0) is 26.0. The standard InChI is InChI=1S/C29H30N4O4/c30-19-21-3-9-26(10-4-21)37-27-11-7-25(8-12-27)32-28(34)13-16-31-24-14-17-33(18-15-24)20-22-1-5-23(6-2-22)29(35)36/h1-12,24,31H,13-18,20H2,(H,32,34)(H,35,36). The van der Waals surface area contributed by atoms with Crippen molar-refractivity contribution in [3.8, 4) is 17.6 Å². The number of carboxylic acid groups (broad SMARTS) is 1. The third-order valence-corrected chi connectivity index (χ3v) is 6.34. The summed E-state index contributed by atoms with van der Waals surface area (Å²) in [5, 5.41) is 24.3. The van der Waals surface area contributed by atoms with Crippen molar-refractivity contribution in [1.82, 2.24) is 10.2 Å². The number of hydrogen-bond donors (Lipinski definition) is 3. The zero-order valence-corrected chi connectivity index (χ0v) is 20.5. The maximum atomic E-state index is 12.4. The number of carboxylic acids is 1. The van der Waals surface area contributed by atoms with Gasteiger partial charge in [0, 0.05) is 31.2 Å². The molecule has 8 nitrogen and oxygen atoms in total. The third-order valence-electron chi connectivity index (χ3n) is 6.34. The van der Waals surface area contributed by atoms with Gasteiger partial charge in [-0.1, -0.05) is 12.1 Å². The van der Waals surface area contributed by atoms with Crippen LogP contribution in [-0.4, -0.2) is 47.6 Å². The molecule has 1 heterocycles. The minimum atomic E-state index is -0.907. The van der Waals surface area contributed by atoms with Crippen molar-refractivity contribution in [1.29, 1.82) is 5.26 Å². The number of amides is 1. The van der Waals surface area contributed by atoms with Gasteiger partial charge in [-0.25, -0.2) is 4.79 Å². The van der Waals surface area contributed by atoms with Gasteiger partial charge in [-0.2, -0.15) is 5.26 Å². The Balaban J connectivity index is 1.12. The average Bonchev–Trinajstić information content (AvgIpc) is 2.91. The fraction of sp³-hybridized carbons (Fsp3) is 0.276. The number of nitriles is 1. The summed E-state index contributed by atoms with van der Waals surface area (Å²) in [7, 11) is 0. The van der Waals surface area contributed by atoms with Crippen molar-refractivity contribution < 1.29 is 19.4 Å². The normalized spacial score (nSPS) is 14.0. The highest BCUT2D eigenvalue weighted by Crippen LogP contribution is 2.23. The predicted molar refractivity (Wildman–Crippen MR) is 141 cm³/mol. The zero-order valence-electron chi connectivity index (χ0n) is 20.5. The number of aromatic carboxylic acids is 1. The second kappa shape index (κ2) is 12.7. The lowest BCUT2D eigenvalue weighted by atomic mass is 10.0. The summed E-state index contributed by atoms with van der Waals surface area (Å²) < 4.78 is 5.77. The van der Waals surface area contributed by atoms with Crippen LogP contribution in [-0.2, 0) is 11.3 Å². The molecule has 8 heteroatoms. The summed E-state index contributed by atoms with van der Waals surface area (Å²) in [5.74, 6) is 0.335. The molecule has 0 saturated carbocycles. The van der Waals surface area contributed by atoms with Crippen LogP contribution in [0.1, 0.15) is 40.7 Å². The molecule has 4 rings (SSSR count). The van der Waals surface area contributed by atoms with Gasteiger partial charge in [-0.05, 0) is 92.2 Å². The summed E-state index contributed by atoms with van der Waals surface area (Å²) in [6.45, 7) is 3.35. The van der Waals surface area contributed by atoms with Gasteiger partial charge in [0.15, 0.2) is 0 Å². The topological polar surface area (TPSA) is 115 Å². The average molecular weight is 499 g/mol. The molecule has 0 spiro atoms. The molecule has 1 aliphatic heterocycles.